The first kappa shape index (κ1) is 20.1. The van der Waals surface area contributed by atoms with Crippen LogP contribution in [0.4, 0.5) is 13.2 Å². The maximum Gasteiger partial charge on any atom is 0.422 e. The van der Waals surface area contributed by atoms with Crippen LogP contribution < -0.4 is 10.1 Å². The molecule has 1 N–H and O–H groups in total. The zero-order valence-corrected chi connectivity index (χ0v) is 16.2. The van der Waals surface area contributed by atoms with E-state index in [9.17, 15) is 18.0 Å². The van der Waals surface area contributed by atoms with Gasteiger partial charge in [0.1, 0.15) is 0 Å². The van der Waals surface area contributed by atoms with Crippen LogP contribution in [0.25, 0.3) is 10.9 Å². The number of para-hydroxylation sites is 1. The predicted octanol–water partition coefficient (Wildman–Crippen LogP) is 4.55. The summed E-state index contributed by atoms with van der Waals surface area (Å²) in [6.45, 7) is 0.415. The van der Waals surface area contributed by atoms with E-state index in [1.807, 2.05) is 30.5 Å². The number of pyridine rings is 2. The number of nitrogens with zero attached hydrogens (tertiary/aromatic N) is 2. The molecule has 1 aromatic carbocycles. The van der Waals surface area contributed by atoms with Gasteiger partial charge in [0, 0.05) is 29.8 Å². The lowest BCUT2D eigenvalue weighted by Gasteiger charge is -2.15. The quantitative estimate of drug-likeness (QED) is 0.642. The average molecular weight is 415 g/mol. The molecule has 0 saturated heterocycles. The summed E-state index contributed by atoms with van der Waals surface area (Å²) in [5, 5.41) is 4.00. The van der Waals surface area contributed by atoms with Crippen LogP contribution in [0.15, 0.2) is 54.9 Å². The number of alkyl halides is 3. The van der Waals surface area contributed by atoms with Gasteiger partial charge in [-0.15, -0.1) is 0 Å². The molecule has 1 amide bonds. The van der Waals surface area contributed by atoms with Crippen molar-refractivity contribution in [3.05, 3.63) is 66.0 Å². The van der Waals surface area contributed by atoms with Gasteiger partial charge >= 0.3 is 6.18 Å². The third-order valence-corrected chi connectivity index (χ3v) is 5.17. The maximum absolute atomic E-state index is 12.6. The Morgan fingerprint density at radius 2 is 2.00 bits per heavy atom. The molecule has 30 heavy (non-hydrogen) atoms. The zero-order chi connectivity index (χ0) is 21.3. The van der Waals surface area contributed by atoms with E-state index in [4.69, 9.17) is 0 Å². The van der Waals surface area contributed by atoms with Crippen molar-refractivity contribution in [2.75, 3.05) is 6.61 Å². The molecule has 1 fully saturated rings. The van der Waals surface area contributed by atoms with Crippen molar-refractivity contribution in [1.29, 1.82) is 0 Å². The van der Waals surface area contributed by atoms with Crippen LogP contribution in [-0.2, 0) is 4.79 Å². The molecular formula is C22H20F3N3O2. The molecule has 0 bridgehead atoms. The highest BCUT2D eigenvalue weighted by molar-refractivity contribution is 5.84. The summed E-state index contributed by atoms with van der Waals surface area (Å²) < 4.78 is 41.2. The summed E-state index contributed by atoms with van der Waals surface area (Å²) in [5.74, 6) is -0.137. The Morgan fingerprint density at radius 3 is 2.73 bits per heavy atom. The molecule has 5 nitrogen and oxygen atoms in total. The van der Waals surface area contributed by atoms with Crippen LogP contribution in [0, 0.1) is 5.92 Å². The van der Waals surface area contributed by atoms with Gasteiger partial charge < -0.3 is 10.1 Å². The van der Waals surface area contributed by atoms with Gasteiger partial charge in [0.25, 0.3) is 0 Å². The average Bonchev–Trinajstić information content (AvgIpc) is 3.53. The third kappa shape index (κ3) is 4.69. The van der Waals surface area contributed by atoms with Gasteiger partial charge in [-0.25, -0.2) is 4.98 Å². The molecule has 3 atom stereocenters. The van der Waals surface area contributed by atoms with Crippen LogP contribution in [0.3, 0.4) is 0 Å². The van der Waals surface area contributed by atoms with Crippen molar-refractivity contribution in [1.82, 2.24) is 15.3 Å². The van der Waals surface area contributed by atoms with Gasteiger partial charge in [-0.05, 0) is 42.5 Å². The second kappa shape index (κ2) is 7.93. The molecule has 0 radical (unpaired) electrons. The number of hydrogen-bond acceptors (Lipinski definition) is 4. The molecule has 8 heteroatoms. The number of carbonyl (C=O) groups excluding carboxylic acids is 1. The van der Waals surface area contributed by atoms with Crippen molar-refractivity contribution in [3.63, 3.8) is 0 Å². The Morgan fingerprint density at radius 1 is 1.20 bits per heavy atom. The number of nitrogens with one attached hydrogen (secondary N) is 1. The fourth-order valence-electron chi connectivity index (χ4n) is 3.44. The number of fused-ring (bicyclic) bond motifs is 1. The predicted molar refractivity (Wildman–Crippen MR) is 105 cm³/mol. The van der Waals surface area contributed by atoms with E-state index in [1.54, 1.807) is 13.0 Å². The summed E-state index contributed by atoms with van der Waals surface area (Å²) >= 11 is 0. The number of ether oxygens (including phenoxy) is 1. The molecule has 1 saturated carbocycles. The smallest absolute Gasteiger partial charge is 0.422 e. The summed E-state index contributed by atoms with van der Waals surface area (Å²) in [6, 6.07) is 12.6. The lowest BCUT2D eigenvalue weighted by molar-refractivity contribution is -0.154. The van der Waals surface area contributed by atoms with Gasteiger partial charge in [-0.3, -0.25) is 9.78 Å². The summed E-state index contributed by atoms with van der Waals surface area (Å²) in [5.41, 5.74) is 2.66. The Balaban J connectivity index is 1.33. The SMILES string of the molecule is C[C@@H](NC(=O)[C@@H]1C[C@H]1c1cnc2ccccc2c1)c1ccc(OCC(F)(F)F)nc1. The monoisotopic (exact) mass is 415 g/mol. The molecule has 2 aromatic heterocycles. The Bertz CT molecular complexity index is 1050. The Hall–Kier alpha value is -3.16. The van der Waals surface area contributed by atoms with E-state index < -0.39 is 12.8 Å². The fourth-order valence-corrected chi connectivity index (χ4v) is 3.44. The lowest BCUT2D eigenvalue weighted by Crippen LogP contribution is -2.28. The standard InChI is InChI=1S/C22H20F3N3O2/c1-13(15-6-7-20(27-10-15)30-12-22(23,24)25)28-21(29)18-9-17(18)16-8-14-4-2-3-5-19(14)26-11-16/h2-8,10-11,13,17-18H,9,12H2,1H3,(H,28,29)/t13-,17+,18-/m1/s1. The Labute approximate surface area is 171 Å². The lowest BCUT2D eigenvalue weighted by atomic mass is 10.1. The number of benzene rings is 1. The van der Waals surface area contributed by atoms with Crippen molar-refractivity contribution in [2.45, 2.75) is 31.5 Å². The number of rotatable bonds is 6. The number of aromatic nitrogens is 2. The molecule has 0 spiro atoms. The fraction of sp³-hybridized carbons (Fsp3) is 0.318. The molecular weight excluding hydrogens is 395 g/mol. The first-order valence-corrected chi connectivity index (χ1v) is 9.61. The highest BCUT2D eigenvalue weighted by atomic mass is 19.4. The van der Waals surface area contributed by atoms with Gasteiger partial charge in [0.2, 0.25) is 11.8 Å². The van der Waals surface area contributed by atoms with E-state index in [0.717, 1.165) is 22.9 Å². The topological polar surface area (TPSA) is 64.1 Å². The van der Waals surface area contributed by atoms with Crippen LogP contribution >= 0.6 is 0 Å². The van der Waals surface area contributed by atoms with Crippen LogP contribution in [0.1, 0.15) is 36.4 Å². The molecule has 4 rings (SSSR count). The minimum Gasteiger partial charge on any atom is -0.468 e. The van der Waals surface area contributed by atoms with Crippen LogP contribution in [-0.4, -0.2) is 28.7 Å². The highest BCUT2D eigenvalue weighted by Crippen LogP contribution is 2.48. The number of hydrogen-bond donors (Lipinski definition) is 1. The minimum atomic E-state index is -4.41. The van der Waals surface area contributed by atoms with Crippen molar-refractivity contribution >= 4 is 16.8 Å². The first-order chi connectivity index (χ1) is 14.3. The normalized spacial score (nSPS) is 19.3. The molecule has 1 aliphatic carbocycles. The Kier molecular flexibility index (Phi) is 5.32. The van der Waals surface area contributed by atoms with Gasteiger partial charge in [-0.1, -0.05) is 24.3 Å². The van der Waals surface area contributed by atoms with Crippen molar-refractivity contribution in [2.24, 2.45) is 5.92 Å². The summed E-state index contributed by atoms with van der Waals surface area (Å²) in [6.07, 6.45) is -0.411. The van der Waals surface area contributed by atoms with E-state index in [-0.39, 0.29) is 29.7 Å². The number of carbonyl (C=O) groups is 1. The molecule has 3 aromatic rings. The van der Waals surface area contributed by atoms with E-state index in [2.05, 4.69) is 26.1 Å². The molecule has 2 heterocycles. The molecule has 0 unspecified atom stereocenters. The second-order valence-corrected chi connectivity index (χ2v) is 7.47. The van der Waals surface area contributed by atoms with E-state index in [1.165, 1.54) is 12.3 Å². The molecule has 0 aliphatic heterocycles. The van der Waals surface area contributed by atoms with Gasteiger partial charge in [-0.2, -0.15) is 13.2 Å². The summed E-state index contributed by atoms with van der Waals surface area (Å²) in [4.78, 5) is 21.0. The second-order valence-electron chi connectivity index (χ2n) is 7.47. The van der Waals surface area contributed by atoms with Crippen LogP contribution in [0.2, 0.25) is 0 Å². The van der Waals surface area contributed by atoms with Crippen molar-refractivity contribution in [3.8, 4) is 5.88 Å². The maximum atomic E-state index is 12.6. The van der Waals surface area contributed by atoms with Gasteiger partial charge in [0.15, 0.2) is 6.61 Å². The first-order valence-electron chi connectivity index (χ1n) is 9.61. The van der Waals surface area contributed by atoms with E-state index in [0.29, 0.717) is 5.56 Å². The number of halogens is 3. The highest BCUT2D eigenvalue weighted by Gasteiger charge is 2.44. The molecule has 1 aliphatic rings. The van der Waals surface area contributed by atoms with Crippen LogP contribution in [0.5, 0.6) is 5.88 Å². The zero-order valence-electron chi connectivity index (χ0n) is 16.2. The third-order valence-electron chi connectivity index (χ3n) is 5.17. The molecule has 156 valence electrons. The largest absolute Gasteiger partial charge is 0.468 e. The summed E-state index contributed by atoms with van der Waals surface area (Å²) in [7, 11) is 0. The van der Waals surface area contributed by atoms with Crippen molar-refractivity contribution < 1.29 is 22.7 Å². The van der Waals surface area contributed by atoms with Gasteiger partial charge in [0.05, 0.1) is 11.6 Å². The minimum absolute atomic E-state index is 0.0574. The van der Waals surface area contributed by atoms with E-state index >= 15 is 0 Å². The number of amides is 1.